The van der Waals surface area contributed by atoms with Gasteiger partial charge in [0.05, 0.1) is 11.7 Å². The predicted molar refractivity (Wildman–Crippen MR) is 82.1 cm³/mol. The van der Waals surface area contributed by atoms with E-state index in [4.69, 9.17) is 10.6 Å². The van der Waals surface area contributed by atoms with Crippen LogP contribution in [0.15, 0.2) is 18.3 Å². The Morgan fingerprint density at radius 1 is 1.44 bits per heavy atom. The smallest absolute Gasteiger partial charge is 0.356 e. The molecule has 0 aliphatic carbocycles. The van der Waals surface area contributed by atoms with Gasteiger partial charge in [-0.2, -0.15) is 18.3 Å². The lowest BCUT2D eigenvalue weighted by atomic mass is 10.1. The average molecular weight is 358 g/mol. The van der Waals surface area contributed by atoms with Crippen LogP contribution in [0.3, 0.4) is 0 Å². The highest BCUT2D eigenvalue weighted by atomic mass is 19.4. The van der Waals surface area contributed by atoms with E-state index < -0.39 is 12.1 Å². The normalized spacial score (nSPS) is 18.4. The summed E-state index contributed by atoms with van der Waals surface area (Å²) in [4.78, 5) is 15.3. The number of nitrogens with two attached hydrogens (primary N) is 1. The largest absolute Gasteiger partial charge is 0.493 e. The monoisotopic (exact) mass is 358 g/mol. The van der Waals surface area contributed by atoms with Gasteiger partial charge < -0.3 is 9.57 Å². The zero-order chi connectivity index (χ0) is 18.2. The summed E-state index contributed by atoms with van der Waals surface area (Å²) in [6.07, 6.45) is -1.15. The van der Waals surface area contributed by atoms with Crippen molar-refractivity contribution in [2.45, 2.75) is 38.6 Å². The van der Waals surface area contributed by atoms with E-state index in [1.807, 2.05) is 0 Å². The Labute approximate surface area is 141 Å². The maximum absolute atomic E-state index is 12.4. The predicted octanol–water partition coefficient (Wildman–Crippen LogP) is 2.74. The fourth-order valence-electron chi connectivity index (χ4n) is 2.84. The summed E-state index contributed by atoms with van der Waals surface area (Å²) in [5.41, 5.74) is 1.30. The summed E-state index contributed by atoms with van der Waals surface area (Å²) in [5, 5.41) is 5.08. The van der Waals surface area contributed by atoms with Gasteiger partial charge in [0, 0.05) is 12.0 Å². The minimum Gasteiger partial charge on any atom is -0.356 e. The molecule has 2 heterocycles. The fraction of sp³-hybridized carbons (Fsp3) is 0.467. The van der Waals surface area contributed by atoms with Gasteiger partial charge in [0.1, 0.15) is 5.69 Å². The number of hydrogen-bond acceptors (Lipinski definition) is 6. The van der Waals surface area contributed by atoms with Gasteiger partial charge in [-0.25, -0.2) is 15.3 Å². The van der Waals surface area contributed by atoms with E-state index in [2.05, 4.69) is 9.94 Å². The van der Waals surface area contributed by atoms with Crippen molar-refractivity contribution in [2.75, 3.05) is 11.8 Å². The van der Waals surface area contributed by atoms with E-state index in [-0.39, 0.29) is 11.9 Å². The first-order chi connectivity index (χ1) is 11.8. The highest BCUT2D eigenvalue weighted by molar-refractivity contribution is 5.93. The van der Waals surface area contributed by atoms with Crippen LogP contribution < -0.4 is 11.0 Å². The van der Waals surface area contributed by atoms with Crippen molar-refractivity contribution in [3.8, 4) is 0 Å². The molecule has 1 saturated heterocycles. The highest BCUT2D eigenvalue weighted by Crippen LogP contribution is 2.33. The Morgan fingerprint density at radius 3 is 2.84 bits per heavy atom. The quantitative estimate of drug-likeness (QED) is 0.671. The number of hydrazine groups is 1. The highest BCUT2D eigenvalue weighted by Gasteiger charge is 2.43. The number of alkyl halides is 3. The molecule has 2 aromatic rings. The minimum absolute atomic E-state index is 0.136. The summed E-state index contributed by atoms with van der Waals surface area (Å²) in [7, 11) is 0. The van der Waals surface area contributed by atoms with Crippen LogP contribution in [0.1, 0.15) is 31.1 Å². The zero-order valence-electron chi connectivity index (χ0n) is 13.4. The zero-order valence-corrected chi connectivity index (χ0v) is 13.4. The van der Waals surface area contributed by atoms with Gasteiger partial charge in [-0.1, -0.05) is 6.07 Å². The van der Waals surface area contributed by atoms with Crippen molar-refractivity contribution >= 4 is 22.6 Å². The molecular weight excluding hydrogens is 341 g/mol. The number of anilines is 1. The molecule has 7 nitrogen and oxygen atoms in total. The Balaban J connectivity index is 1.96. The topological polar surface area (TPSA) is 82.6 Å². The standard InChI is InChI=1S/C15H17F3N4O3/c1-9-5-6-11-10(8-20-21(11)12-4-2-3-7-24-12)13(9)22(19)25-14(23)15(16,17)18/h5-6,8,12H,2-4,7,19H2,1H3. The van der Waals surface area contributed by atoms with Gasteiger partial charge >= 0.3 is 12.1 Å². The van der Waals surface area contributed by atoms with E-state index >= 15 is 0 Å². The second kappa shape index (κ2) is 6.52. The molecule has 1 fully saturated rings. The number of rotatable bonds is 3. The molecule has 25 heavy (non-hydrogen) atoms. The minimum atomic E-state index is -5.14. The summed E-state index contributed by atoms with van der Waals surface area (Å²) >= 11 is 0. The number of carbonyl (C=O) groups is 1. The average Bonchev–Trinajstić information content (AvgIpc) is 2.98. The van der Waals surface area contributed by atoms with Crippen LogP contribution >= 0.6 is 0 Å². The first kappa shape index (κ1) is 17.5. The molecule has 1 aliphatic rings. The van der Waals surface area contributed by atoms with E-state index in [0.29, 0.717) is 28.2 Å². The summed E-state index contributed by atoms with van der Waals surface area (Å²) in [6, 6.07) is 3.44. The Morgan fingerprint density at radius 2 is 2.20 bits per heavy atom. The van der Waals surface area contributed by atoms with Crippen LogP contribution in [0.5, 0.6) is 0 Å². The van der Waals surface area contributed by atoms with E-state index in [1.54, 1.807) is 23.7 Å². The second-order valence-corrected chi connectivity index (χ2v) is 5.78. The van der Waals surface area contributed by atoms with Crippen molar-refractivity contribution in [3.05, 3.63) is 23.9 Å². The number of ether oxygens (including phenoxy) is 1. The van der Waals surface area contributed by atoms with Crippen molar-refractivity contribution < 1.29 is 27.5 Å². The number of aromatic nitrogens is 2. The molecule has 10 heteroatoms. The molecule has 1 aliphatic heterocycles. The number of hydrogen-bond donors (Lipinski definition) is 1. The molecule has 0 amide bonds. The number of halogens is 3. The van der Waals surface area contributed by atoms with Gasteiger partial charge in [0.15, 0.2) is 6.23 Å². The second-order valence-electron chi connectivity index (χ2n) is 5.78. The number of nitrogens with zero attached hydrogens (tertiary/aromatic N) is 3. The lowest BCUT2D eigenvalue weighted by Gasteiger charge is -2.24. The van der Waals surface area contributed by atoms with E-state index in [9.17, 15) is 18.0 Å². The van der Waals surface area contributed by atoms with Crippen molar-refractivity contribution in [3.63, 3.8) is 0 Å². The Kier molecular flexibility index (Phi) is 4.56. The van der Waals surface area contributed by atoms with Crippen molar-refractivity contribution in [2.24, 2.45) is 5.84 Å². The molecule has 1 aromatic heterocycles. The van der Waals surface area contributed by atoms with Gasteiger partial charge in [-0.15, -0.1) is 5.17 Å². The Bertz CT molecular complexity index is 784. The molecule has 0 saturated carbocycles. The third-order valence-electron chi connectivity index (χ3n) is 4.02. The van der Waals surface area contributed by atoms with E-state index in [0.717, 1.165) is 19.3 Å². The molecule has 0 bridgehead atoms. The molecule has 1 unspecified atom stereocenters. The van der Waals surface area contributed by atoms with Crippen LogP contribution in [0.25, 0.3) is 10.9 Å². The molecule has 1 atom stereocenters. The van der Waals surface area contributed by atoms with Crippen molar-refractivity contribution in [1.82, 2.24) is 9.78 Å². The lowest BCUT2D eigenvalue weighted by Crippen LogP contribution is -2.39. The molecule has 1 aromatic carbocycles. The van der Waals surface area contributed by atoms with Crippen molar-refractivity contribution in [1.29, 1.82) is 0 Å². The number of benzene rings is 1. The van der Waals surface area contributed by atoms with Gasteiger partial charge in [0.2, 0.25) is 0 Å². The van der Waals surface area contributed by atoms with Gasteiger partial charge in [0.25, 0.3) is 0 Å². The van der Waals surface area contributed by atoms with Crippen LogP contribution in [0.2, 0.25) is 0 Å². The number of fused-ring (bicyclic) bond motifs is 1. The lowest BCUT2D eigenvalue weighted by molar-refractivity contribution is -0.201. The summed E-state index contributed by atoms with van der Waals surface area (Å²) in [6.45, 7) is 2.27. The third-order valence-corrected chi connectivity index (χ3v) is 4.02. The van der Waals surface area contributed by atoms with Crippen LogP contribution in [0, 0.1) is 6.92 Å². The molecule has 136 valence electrons. The SMILES string of the molecule is Cc1ccc2c(cnn2C2CCCCO2)c1N(N)OC(=O)C(F)(F)F. The summed E-state index contributed by atoms with van der Waals surface area (Å²) in [5.74, 6) is 3.18. The van der Waals surface area contributed by atoms with Gasteiger partial charge in [-0.3, -0.25) is 0 Å². The third kappa shape index (κ3) is 3.40. The molecule has 0 radical (unpaired) electrons. The number of carbonyl (C=O) groups excluding carboxylic acids is 1. The van der Waals surface area contributed by atoms with Crippen LogP contribution in [-0.2, 0) is 14.4 Å². The molecule has 2 N–H and O–H groups in total. The molecule has 0 spiro atoms. The van der Waals surface area contributed by atoms with E-state index in [1.165, 1.54) is 6.20 Å². The Hall–Kier alpha value is -2.33. The van der Waals surface area contributed by atoms with Crippen LogP contribution in [-0.4, -0.2) is 28.5 Å². The molecule has 3 rings (SSSR count). The first-order valence-corrected chi connectivity index (χ1v) is 7.71. The first-order valence-electron chi connectivity index (χ1n) is 7.71. The fourth-order valence-corrected chi connectivity index (χ4v) is 2.84. The van der Waals surface area contributed by atoms with Gasteiger partial charge in [-0.05, 0) is 37.8 Å². The molecular formula is C15H17F3N4O3. The summed E-state index contributed by atoms with van der Waals surface area (Å²) < 4.78 is 44.5. The van der Waals surface area contributed by atoms with Crippen LogP contribution in [0.4, 0.5) is 18.9 Å². The number of aryl methyl sites for hydroxylation is 1. The maximum Gasteiger partial charge on any atom is 0.493 e. The maximum atomic E-state index is 12.4.